The van der Waals surface area contributed by atoms with Crippen molar-refractivity contribution in [3.8, 4) is 5.75 Å². The fraction of sp³-hybridized carbons (Fsp3) is 0.385. The van der Waals surface area contributed by atoms with E-state index in [1.54, 1.807) is 0 Å². The fourth-order valence-electron chi connectivity index (χ4n) is 1.55. The Morgan fingerprint density at radius 3 is 2.95 bits per heavy atom. The van der Waals surface area contributed by atoms with Crippen LogP contribution in [-0.2, 0) is 0 Å². The molecule has 0 amide bonds. The number of hydrogen-bond acceptors (Lipinski definition) is 5. The molecule has 8 heteroatoms. The Morgan fingerprint density at radius 1 is 1.52 bits per heavy atom. The molecule has 0 aromatic heterocycles. The Morgan fingerprint density at radius 2 is 2.29 bits per heavy atom. The number of benzene rings is 1. The second kappa shape index (κ2) is 8.85. The largest absolute Gasteiger partial charge is 0.502 e. The van der Waals surface area contributed by atoms with Crippen molar-refractivity contribution in [2.24, 2.45) is 5.10 Å². The van der Waals surface area contributed by atoms with E-state index < -0.39 is 4.92 Å². The highest BCUT2D eigenvalue weighted by Crippen LogP contribution is 2.25. The molecule has 0 atom stereocenters. The van der Waals surface area contributed by atoms with Gasteiger partial charge in [-0.2, -0.15) is 5.10 Å². The first-order chi connectivity index (χ1) is 10.0. The van der Waals surface area contributed by atoms with E-state index in [1.165, 1.54) is 24.4 Å². The summed E-state index contributed by atoms with van der Waals surface area (Å²) in [5.41, 5.74) is 2.75. The highest BCUT2D eigenvalue weighted by molar-refractivity contribution is 7.80. The predicted octanol–water partition coefficient (Wildman–Crippen LogP) is 2.29. The van der Waals surface area contributed by atoms with Crippen LogP contribution in [0.3, 0.4) is 0 Å². The summed E-state index contributed by atoms with van der Waals surface area (Å²) in [4.78, 5) is 10.0. The van der Waals surface area contributed by atoms with Crippen molar-refractivity contribution < 1.29 is 10.0 Å². The molecular formula is C13H18N4O3S. The fourth-order valence-corrected chi connectivity index (χ4v) is 1.70. The zero-order chi connectivity index (χ0) is 15.7. The van der Waals surface area contributed by atoms with Crippen molar-refractivity contribution in [2.45, 2.75) is 26.2 Å². The van der Waals surface area contributed by atoms with Crippen molar-refractivity contribution in [2.75, 3.05) is 6.54 Å². The molecule has 3 N–H and O–H groups in total. The number of hydrazone groups is 1. The molecule has 0 radical (unpaired) electrons. The van der Waals surface area contributed by atoms with Gasteiger partial charge < -0.3 is 10.4 Å². The smallest absolute Gasteiger partial charge is 0.311 e. The summed E-state index contributed by atoms with van der Waals surface area (Å²) >= 11 is 5.02. The summed E-state index contributed by atoms with van der Waals surface area (Å²) in [5.74, 6) is -0.377. The van der Waals surface area contributed by atoms with Crippen LogP contribution in [0.2, 0.25) is 0 Å². The lowest BCUT2D eigenvalue weighted by Crippen LogP contribution is -2.32. The van der Waals surface area contributed by atoms with Gasteiger partial charge in [0.05, 0.1) is 11.1 Å². The molecule has 7 nitrogen and oxygen atoms in total. The van der Waals surface area contributed by atoms with Crippen LogP contribution >= 0.6 is 12.2 Å². The monoisotopic (exact) mass is 310 g/mol. The molecule has 0 bridgehead atoms. The van der Waals surface area contributed by atoms with Crippen LogP contribution in [0.25, 0.3) is 0 Å². The highest BCUT2D eigenvalue weighted by Gasteiger charge is 2.12. The second-order valence-electron chi connectivity index (χ2n) is 4.34. The topological polar surface area (TPSA) is 99.8 Å². The molecule has 1 rings (SSSR count). The van der Waals surface area contributed by atoms with Gasteiger partial charge in [-0.05, 0) is 30.8 Å². The molecule has 0 aliphatic heterocycles. The summed E-state index contributed by atoms with van der Waals surface area (Å²) in [5, 5.41) is 27.3. The third-order valence-corrected chi connectivity index (χ3v) is 2.88. The lowest BCUT2D eigenvalue weighted by Gasteiger charge is -2.05. The third kappa shape index (κ3) is 6.17. The summed E-state index contributed by atoms with van der Waals surface area (Å²) in [7, 11) is 0. The quantitative estimate of drug-likeness (QED) is 0.235. The SMILES string of the molecule is CCCCCNC(=S)N/N=C\c1ccc(O)c([N+](=O)[O-])c1. The van der Waals surface area contributed by atoms with Gasteiger partial charge in [0.1, 0.15) is 0 Å². The number of unbranched alkanes of at least 4 members (excludes halogenated alkanes) is 2. The number of nitro benzene ring substituents is 1. The molecular weight excluding hydrogens is 292 g/mol. The van der Waals surface area contributed by atoms with Gasteiger partial charge in [0.2, 0.25) is 0 Å². The Labute approximate surface area is 128 Å². The second-order valence-corrected chi connectivity index (χ2v) is 4.75. The molecule has 0 saturated heterocycles. The molecule has 1 aromatic carbocycles. The van der Waals surface area contributed by atoms with Gasteiger partial charge in [0.15, 0.2) is 10.9 Å². The average Bonchev–Trinajstić information content (AvgIpc) is 2.45. The Bertz CT molecular complexity index is 534. The van der Waals surface area contributed by atoms with E-state index in [0.717, 1.165) is 25.8 Å². The van der Waals surface area contributed by atoms with Gasteiger partial charge in [0.25, 0.3) is 0 Å². The molecule has 0 heterocycles. The number of nitrogens with zero attached hydrogens (tertiary/aromatic N) is 2. The Hall–Kier alpha value is -2.22. The van der Waals surface area contributed by atoms with Crippen molar-refractivity contribution in [3.05, 3.63) is 33.9 Å². The molecule has 0 spiro atoms. The minimum atomic E-state index is -0.653. The van der Waals surface area contributed by atoms with Crippen LogP contribution in [0, 0.1) is 10.1 Å². The summed E-state index contributed by atoms with van der Waals surface area (Å²) in [6.07, 6.45) is 4.70. The Kier molecular flexibility index (Phi) is 7.10. The van der Waals surface area contributed by atoms with Crippen LogP contribution < -0.4 is 10.7 Å². The number of nitro groups is 1. The van der Waals surface area contributed by atoms with E-state index >= 15 is 0 Å². The van der Waals surface area contributed by atoms with Crippen LogP contribution in [0.5, 0.6) is 5.75 Å². The first-order valence-electron chi connectivity index (χ1n) is 6.59. The average molecular weight is 310 g/mol. The van der Waals surface area contributed by atoms with Gasteiger partial charge in [-0.15, -0.1) is 0 Å². The molecule has 0 saturated carbocycles. The van der Waals surface area contributed by atoms with E-state index in [1.807, 2.05) is 0 Å². The lowest BCUT2D eigenvalue weighted by molar-refractivity contribution is -0.385. The van der Waals surface area contributed by atoms with Gasteiger partial charge in [0, 0.05) is 18.2 Å². The first-order valence-corrected chi connectivity index (χ1v) is 6.99. The van der Waals surface area contributed by atoms with Crippen LogP contribution in [0.1, 0.15) is 31.7 Å². The van der Waals surface area contributed by atoms with E-state index in [2.05, 4.69) is 22.8 Å². The van der Waals surface area contributed by atoms with E-state index in [9.17, 15) is 15.2 Å². The molecule has 1 aromatic rings. The first kappa shape index (κ1) is 16.8. The lowest BCUT2D eigenvalue weighted by atomic mass is 10.2. The standard InChI is InChI=1S/C13H18N4O3S/c1-2-3-4-7-14-13(21)16-15-9-10-5-6-12(18)11(8-10)17(19)20/h5-6,8-9,18H,2-4,7H2,1H3,(H2,14,16,21)/b15-9-. The van der Waals surface area contributed by atoms with Crippen molar-refractivity contribution in [3.63, 3.8) is 0 Å². The summed E-state index contributed by atoms with van der Waals surface area (Å²) in [6.45, 7) is 2.90. The maximum atomic E-state index is 10.7. The third-order valence-electron chi connectivity index (χ3n) is 2.64. The van der Waals surface area contributed by atoms with E-state index in [0.29, 0.717) is 10.7 Å². The molecule has 21 heavy (non-hydrogen) atoms. The van der Waals surface area contributed by atoms with E-state index in [-0.39, 0.29) is 11.4 Å². The molecule has 0 fully saturated rings. The predicted molar refractivity (Wildman–Crippen MR) is 85.6 cm³/mol. The summed E-state index contributed by atoms with van der Waals surface area (Å²) < 4.78 is 0. The van der Waals surface area contributed by atoms with Crippen LogP contribution in [0.4, 0.5) is 5.69 Å². The minimum absolute atomic E-state index is 0.362. The number of hydrogen-bond donors (Lipinski definition) is 3. The van der Waals surface area contributed by atoms with Crippen molar-refractivity contribution in [1.29, 1.82) is 0 Å². The maximum Gasteiger partial charge on any atom is 0.311 e. The molecule has 0 unspecified atom stereocenters. The minimum Gasteiger partial charge on any atom is -0.502 e. The number of nitrogens with one attached hydrogen (secondary N) is 2. The van der Waals surface area contributed by atoms with Crippen LogP contribution in [0.15, 0.2) is 23.3 Å². The van der Waals surface area contributed by atoms with Gasteiger partial charge in [-0.25, -0.2) is 0 Å². The van der Waals surface area contributed by atoms with Gasteiger partial charge >= 0.3 is 5.69 Å². The zero-order valence-electron chi connectivity index (χ0n) is 11.7. The number of phenolic OH excluding ortho intramolecular Hbond substituents is 1. The number of aromatic hydroxyl groups is 1. The summed E-state index contributed by atoms with van der Waals surface area (Å²) in [6, 6.07) is 4.00. The highest BCUT2D eigenvalue weighted by atomic mass is 32.1. The van der Waals surface area contributed by atoms with Crippen molar-refractivity contribution >= 4 is 29.2 Å². The van der Waals surface area contributed by atoms with Crippen LogP contribution in [-0.4, -0.2) is 27.9 Å². The van der Waals surface area contributed by atoms with Gasteiger partial charge in [-0.3, -0.25) is 15.5 Å². The zero-order valence-corrected chi connectivity index (χ0v) is 12.5. The maximum absolute atomic E-state index is 10.7. The molecule has 0 aliphatic carbocycles. The molecule has 0 aliphatic rings. The number of rotatable bonds is 7. The normalized spacial score (nSPS) is 10.5. The Balaban J connectivity index is 2.48. The van der Waals surface area contributed by atoms with Gasteiger partial charge in [-0.1, -0.05) is 19.8 Å². The van der Waals surface area contributed by atoms with Crippen molar-refractivity contribution in [1.82, 2.24) is 10.7 Å². The van der Waals surface area contributed by atoms with E-state index in [4.69, 9.17) is 12.2 Å². The number of phenols is 1. The number of thiocarbonyl (C=S) groups is 1. The molecule has 114 valence electrons.